The van der Waals surface area contributed by atoms with Crippen LogP contribution < -0.4 is 15.9 Å². The molecule has 12 nitrogen and oxygen atoms in total. The van der Waals surface area contributed by atoms with Crippen LogP contribution in [-0.4, -0.2) is 48.5 Å². The van der Waals surface area contributed by atoms with Gasteiger partial charge in [-0.1, -0.05) is 5.21 Å². The molecule has 12 heteroatoms. The quantitative estimate of drug-likeness (QED) is 0.327. The summed E-state index contributed by atoms with van der Waals surface area (Å²) in [7, 11) is 0. The van der Waals surface area contributed by atoms with E-state index in [9.17, 15) is 4.79 Å². The van der Waals surface area contributed by atoms with E-state index in [0.717, 1.165) is 5.56 Å². The fourth-order valence-corrected chi connectivity index (χ4v) is 2.90. The van der Waals surface area contributed by atoms with Gasteiger partial charge in [0.25, 0.3) is 5.91 Å². The van der Waals surface area contributed by atoms with Crippen LogP contribution in [0.4, 0.5) is 5.82 Å². The number of rotatable bonds is 7. The maximum atomic E-state index is 13.0. The third-order valence-corrected chi connectivity index (χ3v) is 4.44. The highest BCUT2D eigenvalue weighted by Crippen LogP contribution is 2.28. The van der Waals surface area contributed by atoms with E-state index in [1.54, 1.807) is 55.7 Å². The Labute approximate surface area is 182 Å². The average Bonchev–Trinajstić information content (AvgIpc) is 3.44. The first-order valence-electron chi connectivity index (χ1n) is 9.60. The van der Waals surface area contributed by atoms with Gasteiger partial charge >= 0.3 is 0 Å². The van der Waals surface area contributed by atoms with Gasteiger partial charge in [-0.15, -0.1) is 5.10 Å². The Hall–Kier alpha value is -4.61. The number of pyridine rings is 1. The topological polar surface area (TPSA) is 159 Å². The van der Waals surface area contributed by atoms with Crippen LogP contribution in [0.25, 0.3) is 17.1 Å². The number of hydrogen-bond acceptors (Lipinski definition) is 10. The number of carbonyl (C=O) groups is 1. The molecule has 0 aliphatic rings. The van der Waals surface area contributed by atoms with Gasteiger partial charge in [0, 0.05) is 23.5 Å². The monoisotopic (exact) mass is 433 g/mol. The zero-order valence-electron chi connectivity index (χ0n) is 17.3. The Morgan fingerprint density at radius 2 is 1.94 bits per heavy atom. The van der Waals surface area contributed by atoms with Crippen molar-refractivity contribution in [1.29, 1.82) is 0 Å². The van der Waals surface area contributed by atoms with Crippen LogP contribution in [0.3, 0.4) is 0 Å². The highest BCUT2D eigenvalue weighted by Gasteiger charge is 2.25. The molecular weight excluding hydrogens is 414 g/mol. The van der Waals surface area contributed by atoms with E-state index < -0.39 is 5.91 Å². The molecule has 0 saturated heterocycles. The highest BCUT2D eigenvalue weighted by atomic mass is 16.6. The predicted molar refractivity (Wildman–Crippen MR) is 114 cm³/mol. The van der Waals surface area contributed by atoms with Crippen molar-refractivity contribution in [3.05, 3.63) is 60.0 Å². The van der Waals surface area contributed by atoms with E-state index in [4.69, 9.17) is 10.5 Å². The van der Waals surface area contributed by atoms with Gasteiger partial charge < -0.3 is 10.5 Å². The van der Waals surface area contributed by atoms with Crippen LogP contribution >= 0.6 is 0 Å². The lowest BCUT2D eigenvalue weighted by molar-refractivity contribution is 0.0950. The second-order valence-corrected chi connectivity index (χ2v) is 6.50. The molecule has 0 atom stereocenters. The van der Waals surface area contributed by atoms with Gasteiger partial charge in [0.1, 0.15) is 11.4 Å². The number of benzene rings is 1. The largest absolute Gasteiger partial charge is 0.494 e. The summed E-state index contributed by atoms with van der Waals surface area (Å²) in [5.41, 5.74) is 10.7. The molecule has 4 rings (SSSR count). The molecule has 0 spiro atoms. The van der Waals surface area contributed by atoms with Crippen molar-refractivity contribution >= 4 is 17.4 Å². The van der Waals surface area contributed by atoms with E-state index in [0.29, 0.717) is 29.3 Å². The normalized spacial score (nSPS) is 11.4. The van der Waals surface area contributed by atoms with Crippen molar-refractivity contribution in [1.82, 2.24) is 35.7 Å². The zero-order chi connectivity index (χ0) is 22.5. The predicted octanol–water partition coefficient (Wildman–Crippen LogP) is 1.85. The molecule has 3 N–H and O–H groups in total. The van der Waals surface area contributed by atoms with Crippen molar-refractivity contribution in [3.63, 3.8) is 0 Å². The van der Waals surface area contributed by atoms with Crippen molar-refractivity contribution < 1.29 is 14.2 Å². The number of hydrazone groups is 1. The molecule has 0 aliphatic heterocycles. The molecule has 1 aromatic carbocycles. The molecule has 3 heterocycles. The molecule has 3 aromatic heterocycles. The Kier molecular flexibility index (Phi) is 5.83. The average molecular weight is 433 g/mol. The first-order valence-corrected chi connectivity index (χ1v) is 9.60. The summed E-state index contributed by atoms with van der Waals surface area (Å²) < 4.78 is 11.5. The van der Waals surface area contributed by atoms with E-state index in [1.807, 2.05) is 6.92 Å². The standard InChI is InChI=1S/C20H19N9O3/c1-3-31-15-6-4-14(5-7-15)17-16(24-28-29(17)19-18(21)26-32-27-19)20(30)25-23-12(2)13-8-10-22-11-9-13/h4-11H,3H2,1-2H3,(H2,21,26)(H,25,30)/b23-12-. The van der Waals surface area contributed by atoms with Gasteiger partial charge in [-0.25, -0.2) is 10.1 Å². The number of aromatic nitrogens is 6. The molecule has 1 amide bonds. The maximum Gasteiger partial charge on any atom is 0.294 e. The lowest BCUT2D eigenvalue weighted by Gasteiger charge is -2.08. The zero-order valence-corrected chi connectivity index (χ0v) is 17.3. The molecule has 0 aliphatic carbocycles. The highest BCUT2D eigenvalue weighted by molar-refractivity contribution is 6.02. The smallest absolute Gasteiger partial charge is 0.294 e. The molecular formula is C20H19N9O3. The lowest BCUT2D eigenvalue weighted by atomic mass is 10.1. The number of nitrogen functional groups attached to an aromatic ring is 1. The number of nitrogens with one attached hydrogen (secondary N) is 1. The van der Waals surface area contributed by atoms with E-state index >= 15 is 0 Å². The number of carbonyl (C=O) groups excluding carboxylic acids is 1. The number of ether oxygens (including phenoxy) is 1. The second-order valence-electron chi connectivity index (χ2n) is 6.50. The van der Waals surface area contributed by atoms with Gasteiger partial charge in [0.05, 0.1) is 12.3 Å². The number of hydrogen-bond donors (Lipinski definition) is 2. The minimum absolute atomic E-state index is 0.000553. The third kappa shape index (κ3) is 4.14. The number of nitrogens with two attached hydrogens (primary N) is 1. The molecule has 0 radical (unpaired) electrons. The Morgan fingerprint density at radius 1 is 1.19 bits per heavy atom. The van der Waals surface area contributed by atoms with Crippen LogP contribution in [0.2, 0.25) is 0 Å². The lowest BCUT2D eigenvalue weighted by Crippen LogP contribution is -2.21. The Balaban J connectivity index is 1.71. The fourth-order valence-electron chi connectivity index (χ4n) is 2.90. The maximum absolute atomic E-state index is 13.0. The first-order chi connectivity index (χ1) is 15.6. The van der Waals surface area contributed by atoms with Crippen LogP contribution in [-0.2, 0) is 0 Å². The molecule has 0 unspecified atom stereocenters. The summed E-state index contributed by atoms with van der Waals surface area (Å²) in [5, 5.41) is 19.5. The van der Waals surface area contributed by atoms with Gasteiger partial charge in [-0.2, -0.15) is 9.78 Å². The molecule has 32 heavy (non-hydrogen) atoms. The van der Waals surface area contributed by atoms with Gasteiger partial charge in [-0.05, 0) is 60.6 Å². The van der Waals surface area contributed by atoms with Crippen molar-refractivity contribution in [2.75, 3.05) is 12.3 Å². The minimum Gasteiger partial charge on any atom is -0.494 e. The fraction of sp³-hybridized carbons (Fsp3) is 0.150. The summed E-state index contributed by atoms with van der Waals surface area (Å²) in [4.78, 5) is 16.9. The first kappa shape index (κ1) is 20.7. The molecule has 162 valence electrons. The van der Waals surface area contributed by atoms with Gasteiger partial charge in [0.15, 0.2) is 5.69 Å². The molecule has 0 saturated carbocycles. The van der Waals surface area contributed by atoms with E-state index in [1.165, 1.54) is 4.68 Å². The Bertz CT molecular complexity index is 1250. The number of anilines is 1. The third-order valence-electron chi connectivity index (χ3n) is 4.44. The minimum atomic E-state index is -0.566. The van der Waals surface area contributed by atoms with Crippen LogP contribution in [0.15, 0.2) is 58.5 Å². The number of amides is 1. The number of nitrogens with zero attached hydrogens (tertiary/aromatic N) is 7. The summed E-state index contributed by atoms with van der Waals surface area (Å²) in [6.45, 7) is 4.19. The van der Waals surface area contributed by atoms with Crippen molar-refractivity contribution in [2.45, 2.75) is 13.8 Å². The van der Waals surface area contributed by atoms with Crippen LogP contribution in [0.5, 0.6) is 5.75 Å². The second kappa shape index (κ2) is 9.04. The molecule has 0 bridgehead atoms. The van der Waals surface area contributed by atoms with Crippen molar-refractivity contribution in [2.24, 2.45) is 5.10 Å². The van der Waals surface area contributed by atoms with Crippen LogP contribution in [0, 0.1) is 0 Å². The van der Waals surface area contributed by atoms with E-state index in [2.05, 4.69) is 40.8 Å². The SMILES string of the molecule is CCOc1ccc(-c2c(C(=O)N/N=C(/C)c3ccncc3)nnn2-c2nonc2N)cc1. The Morgan fingerprint density at radius 3 is 2.59 bits per heavy atom. The van der Waals surface area contributed by atoms with Gasteiger partial charge in [-0.3, -0.25) is 9.78 Å². The molecule has 0 fully saturated rings. The summed E-state index contributed by atoms with van der Waals surface area (Å²) >= 11 is 0. The van der Waals surface area contributed by atoms with Gasteiger partial charge in [0.2, 0.25) is 11.6 Å². The summed E-state index contributed by atoms with van der Waals surface area (Å²) in [6, 6.07) is 10.7. The van der Waals surface area contributed by atoms with Crippen LogP contribution in [0.1, 0.15) is 29.9 Å². The van der Waals surface area contributed by atoms with Crippen molar-refractivity contribution in [3.8, 4) is 22.8 Å². The molecule has 4 aromatic rings. The van der Waals surface area contributed by atoms with E-state index in [-0.39, 0.29) is 17.3 Å². The summed E-state index contributed by atoms with van der Waals surface area (Å²) in [5.74, 6) is 0.225. The summed E-state index contributed by atoms with van der Waals surface area (Å²) in [6.07, 6.45) is 3.28.